The maximum atomic E-state index is 3.87. The van der Waals surface area contributed by atoms with Gasteiger partial charge < -0.3 is 5.32 Å². The second-order valence-electron chi connectivity index (χ2n) is 14.8. The van der Waals surface area contributed by atoms with Crippen molar-refractivity contribution < 1.29 is 0 Å². The van der Waals surface area contributed by atoms with Gasteiger partial charge in [-0.25, -0.2) is 0 Å². The molecule has 2 saturated carbocycles. The first-order valence-electron chi connectivity index (χ1n) is 16.2. The molecule has 0 aliphatic heterocycles. The molecule has 0 bridgehead atoms. The number of hydrogen-bond acceptors (Lipinski definition) is 1. The average molecular weight is 490 g/mol. The van der Waals surface area contributed by atoms with Crippen LogP contribution < -0.4 is 5.32 Å². The lowest BCUT2D eigenvalue weighted by molar-refractivity contribution is 0.0823. The Morgan fingerprint density at radius 3 is 2.17 bits per heavy atom. The molecule has 1 N–H and O–H groups in total. The molecule has 8 atom stereocenters. The van der Waals surface area contributed by atoms with E-state index in [0.717, 1.165) is 52.8 Å². The number of unbranched alkanes of at least 4 members (excludes halogenated alkanes) is 2. The average Bonchev–Trinajstić information content (AvgIpc) is 3.32. The normalized spacial score (nSPS) is 28.5. The lowest BCUT2D eigenvalue weighted by Gasteiger charge is -2.42. The van der Waals surface area contributed by atoms with E-state index < -0.39 is 0 Å². The monoisotopic (exact) mass is 490 g/mol. The van der Waals surface area contributed by atoms with Crippen LogP contribution >= 0.6 is 0 Å². The fourth-order valence-electron chi connectivity index (χ4n) is 8.40. The van der Waals surface area contributed by atoms with Crippen molar-refractivity contribution in [3.8, 4) is 0 Å². The topological polar surface area (TPSA) is 12.0 Å². The molecular weight excluding hydrogens is 422 g/mol. The van der Waals surface area contributed by atoms with Crippen LogP contribution in [0.25, 0.3) is 0 Å². The van der Waals surface area contributed by atoms with Crippen LogP contribution in [0.5, 0.6) is 0 Å². The predicted octanol–water partition coefficient (Wildman–Crippen LogP) is 10.4. The number of fused-ring (bicyclic) bond motifs is 1. The van der Waals surface area contributed by atoms with Gasteiger partial charge in [0.25, 0.3) is 0 Å². The van der Waals surface area contributed by atoms with Crippen LogP contribution in [-0.4, -0.2) is 13.1 Å². The fourth-order valence-corrected chi connectivity index (χ4v) is 8.40. The van der Waals surface area contributed by atoms with Gasteiger partial charge in [0.2, 0.25) is 0 Å². The van der Waals surface area contributed by atoms with Gasteiger partial charge in [-0.05, 0) is 116 Å². The molecule has 0 aromatic heterocycles. The highest BCUT2D eigenvalue weighted by Gasteiger charge is 2.57. The van der Waals surface area contributed by atoms with E-state index in [2.05, 4.69) is 74.6 Å². The lowest BCUT2D eigenvalue weighted by atomic mass is 9.64. The third-order valence-corrected chi connectivity index (χ3v) is 11.3. The van der Waals surface area contributed by atoms with Gasteiger partial charge in [-0.2, -0.15) is 0 Å². The zero-order valence-electron chi connectivity index (χ0n) is 26.0. The van der Waals surface area contributed by atoms with E-state index in [0.29, 0.717) is 5.41 Å². The summed E-state index contributed by atoms with van der Waals surface area (Å²) in [5.41, 5.74) is 1.20. The molecular formula is C34H67N. The largest absolute Gasteiger partial charge is 0.316 e. The van der Waals surface area contributed by atoms with Crippen LogP contribution in [0, 0.1) is 58.2 Å². The molecule has 2 fully saturated rings. The van der Waals surface area contributed by atoms with Gasteiger partial charge in [0.15, 0.2) is 0 Å². The summed E-state index contributed by atoms with van der Waals surface area (Å²) in [6.07, 6.45) is 17.0. The first kappa shape index (κ1) is 31.2. The molecule has 8 unspecified atom stereocenters. The standard InChI is InChI=1S/C34H67N/c1-11-14-15-18-33(8,9)32(25(4)5)20-27(7)31(29-21-30-23-34(30,10)22-29)17-16-19-35-24-28(13-3)26(6)12-2/h25-32,35H,11-24H2,1-10H3. The van der Waals surface area contributed by atoms with Crippen LogP contribution in [0.2, 0.25) is 0 Å². The summed E-state index contributed by atoms with van der Waals surface area (Å²) in [4.78, 5) is 0. The van der Waals surface area contributed by atoms with Crippen molar-refractivity contribution >= 4 is 0 Å². The van der Waals surface area contributed by atoms with E-state index in [1.165, 1.54) is 90.1 Å². The highest BCUT2D eigenvalue weighted by atomic mass is 14.9. The van der Waals surface area contributed by atoms with E-state index in [4.69, 9.17) is 0 Å². The Balaban J connectivity index is 1.97. The summed E-state index contributed by atoms with van der Waals surface area (Å²) in [5, 5.41) is 3.87. The molecule has 2 aliphatic carbocycles. The zero-order valence-corrected chi connectivity index (χ0v) is 26.0. The second kappa shape index (κ2) is 14.2. The molecule has 0 radical (unpaired) electrons. The van der Waals surface area contributed by atoms with Gasteiger partial charge in [-0.15, -0.1) is 0 Å². The van der Waals surface area contributed by atoms with E-state index in [1.807, 2.05) is 0 Å². The van der Waals surface area contributed by atoms with Gasteiger partial charge in [-0.1, -0.05) is 101 Å². The van der Waals surface area contributed by atoms with E-state index in [9.17, 15) is 0 Å². The summed E-state index contributed by atoms with van der Waals surface area (Å²) < 4.78 is 0. The van der Waals surface area contributed by atoms with Crippen LogP contribution in [0.1, 0.15) is 146 Å². The third-order valence-electron chi connectivity index (χ3n) is 11.3. The quantitative estimate of drug-likeness (QED) is 0.178. The molecule has 0 amide bonds. The minimum absolute atomic E-state index is 0.471. The molecule has 35 heavy (non-hydrogen) atoms. The van der Waals surface area contributed by atoms with Crippen molar-refractivity contribution in [1.82, 2.24) is 5.32 Å². The molecule has 0 spiro atoms. The summed E-state index contributed by atoms with van der Waals surface area (Å²) >= 11 is 0. The lowest BCUT2D eigenvalue weighted by Crippen LogP contribution is -2.33. The van der Waals surface area contributed by atoms with Gasteiger partial charge in [-0.3, -0.25) is 0 Å². The highest BCUT2D eigenvalue weighted by Crippen LogP contribution is 2.67. The molecule has 2 aliphatic rings. The van der Waals surface area contributed by atoms with Crippen molar-refractivity contribution in [2.45, 2.75) is 146 Å². The Morgan fingerprint density at radius 1 is 0.914 bits per heavy atom. The SMILES string of the molecule is CCCCCC(C)(C)C(CC(C)C(CCCNCC(CC)C(C)CC)C1CC2CC2(C)C1)C(C)C. The van der Waals surface area contributed by atoms with Crippen molar-refractivity contribution in [3.05, 3.63) is 0 Å². The molecule has 208 valence electrons. The number of rotatable bonds is 19. The Morgan fingerprint density at radius 2 is 1.63 bits per heavy atom. The zero-order chi connectivity index (χ0) is 26.2. The maximum absolute atomic E-state index is 3.87. The van der Waals surface area contributed by atoms with Crippen molar-refractivity contribution in [2.24, 2.45) is 58.2 Å². The molecule has 0 aromatic carbocycles. The van der Waals surface area contributed by atoms with Gasteiger partial charge in [0, 0.05) is 0 Å². The third kappa shape index (κ3) is 9.04. The summed E-state index contributed by atoms with van der Waals surface area (Å²) in [6, 6.07) is 0. The van der Waals surface area contributed by atoms with E-state index >= 15 is 0 Å². The second-order valence-corrected chi connectivity index (χ2v) is 14.8. The Labute approximate surface area is 222 Å². The first-order chi connectivity index (χ1) is 16.5. The Bertz CT molecular complexity index is 579. The van der Waals surface area contributed by atoms with Crippen LogP contribution in [-0.2, 0) is 0 Å². The molecule has 0 heterocycles. The van der Waals surface area contributed by atoms with Gasteiger partial charge in [0.05, 0.1) is 0 Å². The fraction of sp³-hybridized carbons (Fsp3) is 1.00. The number of hydrogen-bond donors (Lipinski definition) is 1. The summed E-state index contributed by atoms with van der Waals surface area (Å²) in [5.74, 6) is 7.19. The summed E-state index contributed by atoms with van der Waals surface area (Å²) in [6.45, 7) is 27.4. The van der Waals surface area contributed by atoms with E-state index in [-0.39, 0.29) is 0 Å². The summed E-state index contributed by atoms with van der Waals surface area (Å²) in [7, 11) is 0. The first-order valence-corrected chi connectivity index (χ1v) is 16.2. The highest BCUT2D eigenvalue weighted by molar-refractivity contribution is 5.07. The van der Waals surface area contributed by atoms with Crippen molar-refractivity contribution in [2.75, 3.05) is 13.1 Å². The van der Waals surface area contributed by atoms with Gasteiger partial charge >= 0.3 is 0 Å². The Kier molecular flexibility index (Phi) is 12.7. The maximum Gasteiger partial charge on any atom is -0.00181 e. The van der Waals surface area contributed by atoms with Crippen LogP contribution in [0.15, 0.2) is 0 Å². The number of nitrogens with one attached hydrogen (secondary N) is 1. The molecule has 1 heteroatoms. The Hall–Kier alpha value is -0.0400. The molecule has 0 saturated heterocycles. The van der Waals surface area contributed by atoms with Crippen LogP contribution in [0.3, 0.4) is 0 Å². The van der Waals surface area contributed by atoms with Crippen LogP contribution in [0.4, 0.5) is 0 Å². The minimum Gasteiger partial charge on any atom is -0.316 e. The van der Waals surface area contributed by atoms with Crippen molar-refractivity contribution in [1.29, 1.82) is 0 Å². The van der Waals surface area contributed by atoms with Gasteiger partial charge in [0.1, 0.15) is 0 Å². The molecule has 2 rings (SSSR count). The molecule has 0 aromatic rings. The molecule has 1 nitrogen and oxygen atoms in total. The smallest absolute Gasteiger partial charge is 0.00181 e. The minimum atomic E-state index is 0.471. The van der Waals surface area contributed by atoms with E-state index in [1.54, 1.807) is 0 Å². The predicted molar refractivity (Wildman–Crippen MR) is 158 cm³/mol. The van der Waals surface area contributed by atoms with Crippen molar-refractivity contribution in [3.63, 3.8) is 0 Å².